The van der Waals surface area contributed by atoms with Crippen LogP contribution in [0.2, 0.25) is 0 Å². The fourth-order valence-corrected chi connectivity index (χ4v) is 2.84. The van der Waals surface area contributed by atoms with E-state index in [2.05, 4.69) is 13.8 Å². The van der Waals surface area contributed by atoms with Gasteiger partial charge in [-0.25, -0.2) is 0 Å². The van der Waals surface area contributed by atoms with Crippen molar-refractivity contribution in [3.8, 4) is 0 Å². The zero-order valence-corrected chi connectivity index (χ0v) is 14.8. The molecule has 24 heavy (non-hydrogen) atoms. The average molecular weight is 324 g/mol. The Hall–Kier alpha value is -1.93. The van der Waals surface area contributed by atoms with Crippen molar-refractivity contribution in [3.63, 3.8) is 0 Å². The summed E-state index contributed by atoms with van der Waals surface area (Å²) in [6, 6.07) is 19.2. The second-order valence-electron chi connectivity index (χ2n) is 6.27. The molecule has 0 spiro atoms. The van der Waals surface area contributed by atoms with Crippen molar-refractivity contribution in [3.05, 3.63) is 71.8 Å². The Balaban J connectivity index is 2.13. The van der Waals surface area contributed by atoms with Gasteiger partial charge in [0.05, 0.1) is 6.61 Å². The van der Waals surface area contributed by atoms with Crippen molar-refractivity contribution in [1.82, 2.24) is 0 Å². The van der Waals surface area contributed by atoms with Gasteiger partial charge in [-0.3, -0.25) is 4.79 Å². The average Bonchev–Trinajstić information content (AvgIpc) is 2.65. The van der Waals surface area contributed by atoms with Gasteiger partial charge in [-0.15, -0.1) is 0 Å². The molecule has 2 atom stereocenters. The van der Waals surface area contributed by atoms with Gasteiger partial charge in [0.15, 0.2) is 5.78 Å². The van der Waals surface area contributed by atoms with Gasteiger partial charge in [0, 0.05) is 5.56 Å². The predicted molar refractivity (Wildman–Crippen MR) is 99.2 cm³/mol. The van der Waals surface area contributed by atoms with E-state index < -0.39 is 6.10 Å². The van der Waals surface area contributed by atoms with Gasteiger partial charge in [-0.2, -0.15) is 0 Å². The monoisotopic (exact) mass is 324 g/mol. The molecular weight excluding hydrogens is 296 g/mol. The maximum absolute atomic E-state index is 12.9. The minimum Gasteiger partial charge on any atom is -0.365 e. The van der Waals surface area contributed by atoms with E-state index in [4.69, 9.17) is 4.74 Å². The Kier molecular flexibility index (Phi) is 7.70. The number of ketones is 1. The van der Waals surface area contributed by atoms with Crippen LogP contribution >= 0.6 is 0 Å². The molecule has 0 N–H and O–H groups in total. The van der Waals surface area contributed by atoms with E-state index in [9.17, 15) is 4.79 Å². The summed E-state index contributed by atoms with van der Waals surface area (Å²) in [5.74, 6) is 0.548. The summed E-state index contributed by atoms with van der Waals surface area (Å²) in [7, 11) is 0. The number of Topliss-reactive ketones (excluding diaryl/α,β-unsaturated/α-hetero) is 1. The van der Waals surface area contributed by atoms with Crippen LogP contribution < -0.4 is 0 Å². The van der Waals surface area contributed by atoms with E-state index in [1.54, 1.807) is 0 Å². The lowest BCUT2D eigenvalue weighted by atomic mass is 9.98. The molecule has 2 aromatic carbocycles. The number of hydrogen-bond acceptors (Lipinski definition) is 2. The number of unbranched alkanes of at least 4 members (excludes halogenated alkanes) is 1. The molecule has 0 radical (unpaired) electrons. The lowest BCUT2D eigenvalue weighted by Gasteiger charge is -2.21. The van der Waals surface area contributed by atoms with Crippen molar-refractivity contribution >= 4 is 5.78 Å². The minimum absolute atomic E-state index is 0.0344. The van der Waals surface area contributed by atoms with Crippen molar-refractivity contribution in [1.29, 1.82) is 0 Å². The number of benzene rings is 2. The lowest BCUT2D eigenvalue weighted by Crippen LogP contribution is -2.20. The van der Waals surface area contributed by atoms with E-state index in [1.165, 1.54) is 12.8 Å². The Bertz CT molecular complexity index is 592. The molecule has 0 aliphatic rings. The molecule has 2 heteroatoms. The molecule has 128 valence electrons. The number of carbonyl (C=O) groups is 1. The Labute approximate surface area is 145 Å². The second kappa shape index (κ2) is 10.0. The summed E-state index contributed by atoms with van der Waals surface area (Å²) in [5.41, 5.74) is 1.63. The molecule has 0 heterocycles. The standard InChI is InChI=1S/C22H28O2/c1-3-5-12-18(4-2)17-24-22(20-15-10-7-11-16-20)21(23)19-13-8-6-9-14-19/h6-11,13-16,18,22H,3-5,12,17H2,1-2H3. The van der Waals surface area contributed by atoms with Crippen LogP contribution in [0.1, 0.15) is 61.6 Å². The SMILES string of the molecule is CCCCC(CC)COC(C(=O)c1ccccc1)c1ccccc1. The molecule has 2 aromatic rings. The maximum atomic E-state index is 12.9. The zero-order valence-electron chi connectivity index (χ0n) is 14.8. The first-order valence-corrected chi connectivity index (χ1v) is 9.02. The highest BCUT2D eigenvalue weighted by Crippen LogP contribution is 2.25. The van der Waals surface area contributed by atoms with E-state index in [-0.39, 0.29) is 5.78 Å². The molecule has 0 saturated carbocycles. The molecule has 0 aromatic heterocycles. The predicted octanol–water partition coefficient (Wildman–Crippen LogP) is 5.84. The summed E-state index contributed by atoms with van der Waals surface area (Å²) >= 11 is 0. The van der Waals surface area contributed by atoms with Crippen molar-refractivity contribution in [2.45, 2.75) is 45.6 Å². The molecule has 0 bridgehead atoms. The fraction of sp³-hybridized carbons (Fsp3) is 0.409. The Morgan fingerprint density at radius 1 is 0.958 bits per heavy atom. The Morgan fingerprint density at radius 3 is 2.17 bits per heavy atom. The van der Waals surface area contributed by atoms with E-state index in [0.29, 0.717) is 18.1 Å². The molecule has 2 nitrogen and oxygen atoms in total. The van der Waals surface area contributed by atoms with E-state index in [1.807, 2.05) is 60.7 Å². The summed E-state index contributed by atoms with van der Waals surface area (Å²) in [5, 5.41) is 0. The van der Waals surface area contributed by atoms with Crippen molar-refractivity contribution in [2.24, 2.45) is 5.92 Å². The van der Waals surface area contributed by atoms with Gasteiger partial charge >= 0.3 is 0 Å². The van der Waals surface area contributed by atoms with Gasteiger partial charge in [0.1, 0.15) is 6.10 Å². The highest BCUT2D eigenvalue weighted by molar-refractivity contribution is 6.00. The maximum Gasteiger partial charge on any atom is 0.196 e. The summed E-state index contributed by atoms with van der Waals surface area (Å²) in [6.07, 6.45) is 4.13. The molecule has 2 rings (SSSR count). The number of hydrogen-bond donors (Lipinski definition) is 0. The van der Waals surface area contributed by atoms with Gasteiger partial charge in [-0.1, -0.05) is 93.8 Å². The van der Waals surface area contributed by atoms with Crippen LogP contribution in [0.15, 0.2) is 60.7 Å². The first-order chi connectivity index (χ1) is 11.8. The fourth-order valence-electron chi connectivity index (χ4n) is 2.84. The van der Waals surface area contributed by atoms with Crippen molar-refractivity contribution in [2.75, 3.05) is 6.61 Å². The third kappa shape index (κ3) is 5.31. The quantitative estimate of drug-likeness (QED) is 0.513. The molecule has 0 amide bonds. The topological polar surface area (TPSA) is 26.3 Å². The van der Waals surface area contributed by atoms with Crippen LogP contribution in [-0.4, -0.2) is 12.4 Å². The first kappa shape index (κ1) is 18.4. The highest BCUT2D eigenvalue weighted by Gasteiger charge is 2.23. The van der Waals surface area contributed by atoms with Gasteiger partial charge in [0.2, 0.25) is 0 Å². The minimum atomic E-state index is -0.524. The first-order valence-electron chi connectivity index (χ1n) is 9.02. The summed E-state index contributed by atoms with van der Waals surface area (Å²) < 4.78 is 6.14. The lowest BCUT2D eigenvalue weighted by molar-refractivity contribution is 0.0242. The second-order valence-corrected chi connectivity index (χ2v) is 6.27. The van der Waals surface area contributed by atoms with E-state index in [0.717, 1.165) is 18.4 Å². The van der Waals surface area contributed by atoms with Gasteiger partial charge < -0.3 is 4.74 Å². The Morgan fingerprint density at radius 2 is 1.58 bits per heavy atom. The van der Waals surface area contributed by atoms with Crippen LogP contribution in [0.25, 0.3) is 0 Å². The van der Waals surface area contributed by atoms with Crippen LogP contribution in [0, 0.1) is 5.92 Å². The molecule has 2 unspecified atom stereocenters. The van der Waals surface area contributed by atoms with Gasteiger partial charge in [0.25, 0.3) is 0 Å². The van der Waals surface area contributed by atoms with Crippen LogP contribution in [0.4, 0.5) is 0 Å². The van der Waals surface area contributed by atoms with E-state index >= 15 is 0 Å². The highest BCUT2D eigenvalue weighted by atomic mass is 16.5. The molecule has 0 aliphatic carbocycles. The van der Waals surface area contributed by atoms with Crippen LogP contribution in [0.5, 0.6) is 0 Å². The smallest absolute Gasteiger partial charge is 0.196 e. The third-order valence-electron chi connectivity index (χ3n) is 4.44. The summed E-state index contributed by atoms with van der Waals surface area (Å²) in [4.78, 5) is 12.9. The molecule has 0 aliphatic heterocycles. The summed E-state index contributed by atoms with van der Waals surface area (Å²) in [6.45, 7) is 5.04. The van der Waals surface area contributed by atoms with Crippen LogP contribution in [-0.2, 0) is 4.74 Å². The van der Waals surface area contributed by atoms with Gasteiger partial charge in [-0.05, 0) is 17.9 Å². The van der Waals surface area contributed by atoms with Crippen LogP contribution in [0.3, 0.4) is 0 Å². The largest absolute Gasteiger partial charge is 0.365 e. The number of carbonyl (C=O) groups excluding carboxylic acids is 1. The normalized spacial score (nSPS) is 13.4. The number of ether oxygens (including phenoxy) is 1. The number of rotatable bonds is 10. The molecular formula is C22H28O2. The molecule has 0 fully saturated rings. The van der Waals surface area contributed by atoms with Crippen molar-refractivity contribution < 1.29 is 9.53 Å². The zero-order chi connectivity index (χ0) is 17.2. The molecule has 0 saturated heterocycles. The third-order valence-corrected chi connectivity index (χ3v) is 4.44.